The lowest BCUT2D eigenvalue weighted by molar-refractivity contribution is 0.417. The van der Waals surface area contributed by atoms with Crippen molar-refractivity contribution in [2.45, 2.75) is 45.5 Å². The number of imidazole rings is 1. The molecule has 3 nitrogen and oxygen atoms in total. The largest absolute Gasteiger partial charge is 0.326 e. The molecule has 4 heteroatoms. The number of alkyl halides is 1. The van der Waals surface area contributed by atoms with Gasteiger partial charge in [0.05, 0.1) is 17.1 Å². The summed E-state index contributed by atoms with van der Waals surface area (Å²) < 4.78 is 2.26. The van der Waals surface area contributed by atoms with E-state index < -0.39 is 0 Å². The molecule has 0 radical (unpaired) electrons. The Morgan fingerprint density at radius 2 is 2.06 bits per heavy atom. The van der Waals surface area contributed by atoms with E-state index in [1.165, 1.54) is 12.8 Å². The van der Waals surface area contributed by atoms with Gasteiger partial charge in [0.15, 0.2) is 0 Å². The van der Waals surface area contributed by atoms with E-state index in [9.17, 15) is 0 Å². The van der Waals surface area contributed by atoms with Crippen LogP contribution in [-0.2, 0) is 6.54 Å². The first kappa shape index (κ1) is 13.3. The van der Waals surface area contributed by atoms with Gasteiger partial charge in [0.25, 0.3) is 0 Å². The fourth-order valence-electron chi connectivity index (χ4n) is 2.30. The molecular formula is C14H20ClN3. The van der Waals surface area contributed by atoms with Gasteiger partial charge in [0, 0.05) is 12.7 Å². The van der Waals surface area contributed by atoms with E-state index in [-0.39, 0.29) is 5.38 Å². The average molecular weight is 266 g/mol. The van der Waals surface area contributed by atoms with Gasteiger partial charge in [0.1, 0.15) is 11.3 Å². The molecule has 0 aliphatic heterocycles. The second-order valence-corrected chi connectivity index (χ2v) is 5.40. The van der Waals surface area contributed by atoms with Crippen LogP contribution >= 0.6 is 11.6 Å². The van der Waals surface area contributed by atoms with E-state index in [0.717, 1.165) is 23.4 Å². The highest BCUT2D eigenvalue weighted by atomic mass is 35.5. The molecule has 2 aromatic heterocycles. The molecule has 2 aromatic rings. The first-order valence-corrected chi connectivity index (χ1v) is 7.05. The van der Waals surface area contributed by atoms with E-state index >= 15 is 0 Å². The van der Waals surface area contributed by atoms with Crippen LogP contribution in [-0.4, -0.2) is 14.5 Å². The summed E-state index contributed by atoms with van der Waals surface area (Å²) in [6.45, 7) is 7.43. The molecular weight excluding hydrogens is 246 g/mol. The van der Waals surface area contributed by atoms with Crippen molar-refractivity contribution in [2.75, 3.05) is 0 Å². The molecule has 18 heavy (non-hydrogen) atoms. The number of rotatable bonds is 5. The lowest BCUT2D eigenvalue weighted by atomic mass is 10.0. The Hall–Kier alpha value is -1.09. The maximum absolute atomic E-state index is 6.25. The van der Waals surface area contributed by atoms with Crippen molar-refractivity contribution < 1.29 is 0 Å². The Morgan fingerprint density at radius 1 is 1.33 bits per heavy atom. The quantitative estimate of drug-likeness (QED) is 0.760. The summed E-state index contributed by atoms with van der Waals surface area (Å²) in [6.07, 6.45) is 5.98. The van der Waals surface area contributed by atoms with Gasteiger partial charge >= 0.3 is 0 Å². The zero-order valence-corrected chi connectivity index (χ0v) is 12.0. The maximum Gasteiger partial charge on any atom is 0.127 e. The molecule has 0 bridgehead atoms. The normalized spacial score (nSPS) is 13.4. The predicted molar refractivity (Wildman–Crippen MR) is 75.9 cm³/mol. The highest BCUT2D eigenvalue weighted by molar-refractivity contribution is 6.20. The Morgan fingerprint density at radius 3 is 2.67 bits per heavy atom. The highest BCUT2D eigenvalue weighted by Crippen LogP contribution is 2.26. The van der Waals surface area contributed by atoms with Gasteiger partial charge in [-0.2, -0.15) is 0 Å². The molecule has 0 saturated heterocycles. The summed E-state index contributed by atoms with van der Waals surface area (Å²) in [5.41, 5.74) is 2.07. The minimum Gasteiger partial charge on any atom is -0.326 e. The van der Waals surface area contributed by atoms with Crippen molar-refractivity contribution in [1.29, 1.82) is 0 Å². The Kier molecular flexibility index (Phi) is 4.23. The van der Waals surface area contributed by atoms with E-state index in [1.54, 1.807) is 0 Å². The van der Waals surface area contributed by atoms with Crippen molar-refractivity contribution >= 4 is 22.6 Å². The van der Waals surface area contributed by atoms with Gasteiger partial charge in [-0.15, -0.1) is 11.6 Å². The summed E-state index contributed by atoms with van der Waals surface area (Å²) in [7, 11) is 0. The van der Waals surface area contributed by atoms with Crippen LogP contribution in [0.25, 0.3) is 11.0 Å². The molecule has 0 amide bonds. The van der Waals surface area contributed by atoms with Gasteiger partial charge in [-0.1, -0.05) is 26.7 Å². The van der Waals surface area contributed by atoms with Crippen LogP contribution in [0.3, 0.4) is 0 Å². The number of pyridine rings is 1. The molecule has 0 saturated carbocycles. The number of fused-ring (bicyclic) bond motifs is 1. The minimum absolute atomic E-state index is 0.0771. The molecule has 98 valence electrons. The monoisotopic (exact) mass is 265 g/mol. The lowest BCUT2D eigenvalue weighted by Gasteiger charge is -2.17. The molecule has 0 aromatic carbocycles. The number of nitrogens with zero attached hydrogens (tertiary/aromatic N) is 3. The number of halogens is 1. The second-order valence-electron chi connectivity index (χ2n) is 4.74. The Labute approximate surface area is 113 Å². The zero-order valence-electron chi connectivity index (χ0n) is 11.2. The van der Waals surface area contributed by atoms with Gasteiger partial charge in [0.2, 0.25) is 0 Å². The molecule has 2 rings (SSSR count). The fourth-order valence-corrected chi connectivity index (χ4v) is 2.47. The Balaban J connectivity index is 2.48. The van der Waals surface area contributed by atoms with Crippen molar-refractivity contribution in [3.05, 3.63) is 24.3 Å². The third-order valence-corrected chi connectivity index (χ3v) is 3.73. The van der Waals surface area contributed by atoms with Crippen LogP contribution in [0.15, 0.2) is 18.5 Å². The smallest absolute Gasteiger partial charge is 0.127 e. The molecule has 0 fully saturated rings. The number of hydrogen-bond donors (Lipinski definition) is 0. The fraction of sp³-hybridized carbons (Fsp3) is 0.571. The Bertz CT molecular complexity index is 515. The molecule has 0 spiro atoms. The topological polar surface area (TPSA) is 30.7 Å². The number of aromatic nitrogens is 3. The van der Waals surface area contributed by atoms with Crippen molar-refractivity contribution in [3.63, 3.8) is 0 Å². The molecule has 1 unspecified atom stereocenters. The average Bonchev–Trinajstić information content (AvgIpc) is 2.75. The first-order chi connectivity index (χ1) is 8.67. The third-order valence-electron chi connectivity index (χ3n) is 3.53. The standard InChI is InChI=1S/C14H20ClN3/c1-4-11(5-2)9-18-13-6-7-16-8-12(13)17-14(18)10(3)15/h6-8,10-11H,4-5,9H2,1-3H3. The van der Waals surface area contributed by atoms with Gasteiger partial charge in [-0.05, 0) is 18.9 Å². The summed E-state index contributed by atoms with van der Waals surface area (Å²) in [5, 5.41) is -0.0771. The second kappa shape index (κ2) is 5.70. The lowest BCUT2D eigenvalue weighted by Crippen LogP contribution is -2.12. The van der Waals surface area contributed by atoms with E-state index in [2.05, 4.69) is 28.4 Å². The summed E-state index contributed by atoms with van der Waals surface area (Å²) in [6, 6.07) is 2.02. The van der Waals surface area contributed by atoms with Crippen LogP contribution in [0.2, 0.25) is 0 Å². The van der Waals surface area contributed by atoms with Crippen LogP contribution in [0, 0.1) is 5.92 Å². The molecule has 0 N–H and O–H groups in total. The van der Waals surface area contributed by atoms with Crippen molar-refractivity contribution in [2.24, 2.45) is 5.92 Å². The van der Waals surface area contributed by atoms with Crippen LogP contribution in [0.1, 0.15) is 44.8 Å². The molecule has 2 heterocycles. The van der Waals surface area contributed by atoms with Gasteiger partial charge in [-0.3, -0.25) is 4.98 Å². The first-order valence-electron chi connectivity index (χ1n) is 6.61. The van der Waals surface area contributed by atoms with Crippen LogP contribution < -0.4 is 0 Å². The third kappa shape index (κ3) is 2.51. The van der Waals surface area contributed by atoms with Crippen LogP contribution in [0.4, 0.5) is 0 Å². The van der Waals surface area contributed by atoms with E-state index in [1.807, 2.05) is 25.4 Å². The van der Waals surface area contributed by atoms with E-state index in [0.29, 0.717) is 5.92 Å². The van der Waals surface area contributed by atoms with E-state index in [4.69, 9.17) is 11.6 Å². The van der Waals surface area contributed by atoms with Crippen LogP contribution in [0.5, 0.6) is 0 Å². The zero-order chi connectivity index (χ0) is 13.1. The molecule has 0 aliphatic carbocycles. The summed E-state index contributed by atoms with van der Waals surface area (Å²) in [5.74, 6) is 1.62. The maximum atomic E-state index is 6.25. The SMILES string of the molecule is CCC(CC)Cn1c(C(C)Cl)nc2cnccc21. The minimum atomic E-state index is -0.0771. The molecule has 0 aliphatic rings. The van der Waals surface area contributed by atoms with Crippen molar-refractivity contribution in [3.8, 4) is 0 Å². The predicted octanol–water partition coefficient (Wildman–Crippen LogP) is 4.17. The van der Waals surface area contributed by atoms with Crippen molar-refractivity contribution in [1.82, 2.24) is 14.5 Å². The number of hydrogen-bond acceptors (Lipinski definition) is 2. The highest BCUT2D eigenvalue weighted by Gasteiger charge is 2.17. The van der Waals surface area contributed by atoms with Gasteiger partial charge in [-0.25, -0.2) is 4.98 Å². The van der Waals surface area contributed by atoms with Gasteiger partial charge < -0.3 is 4.57 Å². The summed E-state index contributed by atoms with van der Waals surface area (Å²) in [4.78, 5) is 8.73. The summed E-state index contributed by atoms with van der Waals surface area (Å²) >= 11 is 6.25. The molecule has 1 atom stereocenters.